The number of piperidine rings is 1. The van der Waals surface area contributed by atoms with Crippen LogP contribution in [0.15, 0.2) is 0 Å². The van der Waals surface area contributed by atoms with Gasteiger partial charge >= 0.3 is 0 Å². The lowest BCUT2D eigenvalue weighted by atomic mass is 10.0. The highest BCUT2D eigenvalue weighted by atomic mass is 32.2. The highest BCUT2D eigenvalue weighted by Gasteiger charge is 2.27. The molecule has 106 valence electrons. The van der Waals surface area contributed by atoms with Crippen molar-refractivity contribution in [3.8, 4) is 0 Å². The van der Waals surface area contributed by atoms with Crippen LogP contribution in [0.1, 0.15) is 26.7 Å². The third kappa shape index (κ3) is 4.22. The first-order valence-electron chi connectivity index (χ1n) is 6.23. The van der Waals surface area contributed by atoms with E-state index in [1.165, 1.54) is 10.6 Å². The van der Waals surface area contributed by atoms with Gasteiger partial charge in [0.15, 0.2) is 0 Å². The Morgan fingerprint density at radius 1 is 1.33 bits per heavy atom. The summed E-state index contributed by atoms with van der Waals surface area (Å²) >= 11 is 0. The lowest BCUT2D eigenvalue weighted by Crippen LogP contribution is -2.51. The van der Waals surface area contributed by atoms with Gasteiger partial charge in [0.2, 0.25) is 15.9 Å². The second kappa shape index (κ2) is 5.99. The summed E-state index contributed by atoms with van der Waals surface area (Å²) in [7, 11) is -3.11. The standard InChI is InChI=1S/C11H23N3O3S/c1-8(2)10(12)11(15)13-9-4-6-14(7-5-9)18(3,16)17/h8-10H,4-7,12H2,1-3H3,(H,13,15). The molecule has 0 aromatic carbocycles. The molecule has 1 fully saturated rings. The first-order chi connectivity index (χ1) is 8.21. The molecule has 0 aliphatic carbocycles. The predicted octanol–water partition coefficient (Wildman–Crippen LogP) is -0.490. The average molecular weight is 277 g/mol. The van der Waals surface area contributed by atoms with E-state index >= 15 is 0 Å². The largest absolute Gasteiger partial charge is 0.352 e. The minimum atomic E-state index is -3.11. The van der Waals surface area contributed by atoms with E-state index in [4.69, 9.17) is 5.73 Å². The van der Waals surface area contributed by atoms with Gasteiger partial charge < -0.3 is 11.1 Å². The molecule has 1 rings (SSSR count). The molecule has 1 amide bonds. The number of carbonyl (C=O) groups excluding carboxylic acids is 1. The summed E-state index contributed by atoms with van der Waals surface area (Å²) in [6, 6.07) is -0.474. The van der Waals surface area contributed by atoms with Gasteiger partial charge in [0, 0.05) is 19.1 Å². The van der Waals surface area contributed by atoms with Gasteiger partial charge in [-0.1, -0.05) is 13.8 Å². The molecular weight excluding hydrogens is 254 g/mol. The van der Waals surface area contributed by atoms with Gasteiger partial charge in [-0.25, -0.2) is 12.7 Å². The number of nitrogens with two attached hydrogens (primary N) is 1. The highest BCUT2D eigenvalue weighted by molar-refractivity contribution is 7.88. The van der Waals surface area contributed by atoms with Crippen LogP contribution in [0, 0.1) is 5.92 Å². The van der Waals surface area contributed by atoms with Crippen LogP contribution in [0.3, 0.4) is 0 Å². The summed E-state index contributed by atoms with van der Waals surface area (Å²) in [5.41, 5.74) is 5.76. The molecule has 0 saturated carbocycles. The number of hydrogen-bond acceptors (Lipinski definition) is 4. The monoisotopic (exact) mass is 277 g/mol. The SMILES string of the molecule is CC(C)C(N)C(=O)NC1CCN(S(C)(=O)=O)CC1. The van der Waals surface area contributed by atoms with Crippen LogP contribution in [0.25, 0.3) is 0 Å². The topological polar surface area (TPSA) is 92.5 Å². The normalized spacial score (nSPS) is 20.9. The van der Waals surface area contributed by atoms with Crippen molar-refractivity contribution in [3.63, 3.8) is 0 Å². The van der Waals surface area contributed by atoms with Crippen molar-refractivity contribution in [2.75, 3.05) is 19.3 Å². The Balaban J connectivity index is 2.43. The molecule has 7 heteroatoms. The maximum absolute atomic E-state index is 11.8. The summed E-state index contributed by atoms with van der Waals surface area (Å²) in [6.45, 7) is 4.72. The Morgan fingerprint density at radius 2 is 1.83 bits per heavy atom. The van der Waals surface area contributed by atoms with Crippen molar-refractivity contribution in [3.05, 3.63) is 0 Å². The van der Waals surface area contributed by atoms with Crippen molar-refractivity contribution in [2.45, 2.75) is 38.8 Å². The van der Waals surface area contributed by atoms with Gasteiger partial charge in [0.05, 0.1) is 12.3 Å². The number of nitrogens with one attached hydrogen (secondary N) is 1. The third-order valence-corrected chi connectivity index (χ3v) is 4.59. The molecule has 0 aromatic rings. The van der Waals surface area contributed by atoms with Crippen molar-refractivity contribution < 1.29 is 13.2 Å². The summed E-state index contributed by atoms with van der Waals surface area (Å²) < 4.78 is 24.1. The molecule has 0 bridgehead atoms. The number of amides is 1. The van der Waals surface area contributed by atoms with Crippen molar-refractivity contribution in [2.24, 2.45) is 11.7 Å². The quantitative estimate of drug-likeness (QED) is 0.725. The van der Waals surface area contributed by atoms with Crippen molar-refractivity contribution >= 4 is 15.9 Å². The number of nitrogens with zero attached hydrogens (tertiary/aromatic N) is 1. The highest BCUT2D eigenvalue weighted by Crippen LogP contribution is 2.13. The zero-order chi connectivity index (χ0) is 13.9. The van der Waals surface area contributed by atoms with E-state index in [1.54, 1.807) is 0 Å². The summed E-state index contributed by atoms with van der Waals surface area (Å²) in [6.07, 6.45) is 2.49. The smallest absolute Gasteiger partial charge is 0.237 e. The van der Waals surface area contributed by atoms with Crippen LogP contribution in [0.5, 0.6) is 0 Å². The zero-order valence-electron chi connectivity index (χ0n) is 11.2. The van der Waals surface area contributed by atoms with E-state index in [9.17, 15) is 13.2 Å². The van der Waals surface area contributed by atoms with E-state index in [0.29, 0.717) is 25.9 Å². The maximum Gasteiger partial charge on any atom is 0.237 e. The number of sulfonamides is 1. The third-order valence-electron chi connectivity index (χ3n) is 3.29. The minimum absolute atomic E-state index is 0.0281. The van der Waals surface area contributed by atoms with Gasteiger partial charge in [0.1, 0.15) is 0 Å². The predicted molar refractivity (Wildman–Crippen MR) is 70.4 cm³/mol. The summed E-state index contributed by atoms with van der Waals surface area (Å²) in [4.78, 5) is 11.8. The number of rotatable bonds is 4. The zero-order valence-corrected chi connectivity index (χ0v) is 12.0. The van der Waals surface area contributed by atoms with Gasteiger partial charge in [-0.15, -0.1) is 0 Å². The molecule has 0 radical (unpaired) electrons. The van der Waals surface area contributed by atoms with Crippen molar-refractivity contribution in [1.29, 1.82) is 0 Å². The van der Waals surface area contributed by atoms with Crippen LogP contribution >= 0.6 is 0 Å². The number of carbonyl (C=O) groups is 1. The molecule has 1 unspecified atom stereocenters. The van der Waals surface area contributed by atoms with Crippen LogP contribution in [-0.2, 0) is 14.8 Å². The summed E-state index contributed by atoms with van der Waals surface area (Å²) in [5, 5.41) is 2.89. The lowest BCUT2D eigenvalue weighted by molar-refractivity contribution is -0.124. The Labute approximate surface area is 109 Å². The van der Waals surface area contributed by atoms with Crippen LogP contribution in [0.2, 0.25) is 0 Å². The molecule has 3 N–H and O–H groups in total. The molecular formula is C11H23N3O3S. The van der Waals surface area contributed by atoms with Crippen molar-refractivity contribution in [1.82, 2.24) is 9.62 Å². The Kier molecular flexibility index (Phi) is 5.12. The Morgan fingerprint density at radius 3 is 2.22 bits per heavy atom. The second-order valence-corrected chi connectivity index (χ2v) is 7.20. The van der Waals surface area contributed by atoms with E-state index in [0.717, 1.165) is 0 Å². The molecule has 1 aliphatic rings. The molecule has 1 heterocycles. The molecule has 1 saturated heterocycles. The fourth-order valence-electron chi connectivity index (χ4n) is 1.93. The molecule has 18 heavy (non-hydrogen) atoms. The Hall–Kier alpha value is -0.660. The molecule has 1 atom stereocenters. The fourth-order valence-corrected chi connectivity index (χ4v) is 2.81. The maximum atomic E-state index is 11.8. The van der Waals surface area contributed by atoms with E-state index < -0.39 is 16.1 Å². The first kappa shape index (κ1) is 15.4. The Bertz CT molecular complexity index is 386. The number of hydrogen-bond donors (Lipinski definition) is 2. The van der Waals surface area contributed by atoms with Gasteiger partial charge in [-0.3, -0.25) is 4.79 Å². The lowest BCUT2D eigenvalue weighted by Gasteiger charge is -2.31. The van der Waals surface area contributed by atoms with Crippen LogP contribution < -0.4 is 11.1 Å². The fraction of sp³-hybridized carbons (Fsp3) is 0.909. The van der Waals surface area contributed by atoms with Crippen LogP contribution in [0.4, 0.5) is 0 Å². The molecule has 6 nitrogen and oxygen atoms in total. The van der Waals surface area contributed by atoms with E-state index in [-0.39, 0.29) is 17.9 Å². The van der Waals surface area contributed by atoms with E-state index in [1.807, 2.05) is 13.8 Å². The first-order valence-corrected chi connectivity index (χ1v) is 8.07. The average Bonchev–Trinajstić information content (AvgIpc) is 2.27. The minimum Gasteiger partial charge on any atom is -0.352 e. The van der Waals surface area contributed by atoms with Gasteiger partial charge in [-0.2, -0.15) is 0 Å². The molecule has 0 aromatic heterocycles. The second-order valence-electron chi connectivity index (χ2n) is 5.21. The summed E-state index contributed by atoms with van der Waals surface area (Å²) in [5.74, 6) is -0.0519. The van der Waals surface area contributed by atoms with Gasteiger partial charge in [0.25, 0.3) is 0 Å². The van der Waals surface area contributed by atoms with Crippen LogP contribution in [-0.4, -0.2) is 50.1 Å². The molecule has 0 spiro atoms. The molecule has 1 aliphatic heterocycles. The van der Waals surface area contributed by atoms with Gasteiger partial charge in [-0.05, 0) is 18.8 Å². The van der Waals surface area contributed by atoms with E-state index in [2.05, 4.69) is 5.32 Å².